The first-order valence-electron chi connectivity index (χ1n) is 4.12. The third-order valence-electron chi connectivity index (χ3n) is 2.94. The van der Waals surface area contributed by atoms with E-state index in [2.05, 4.69) is 0 Å². The fourth-order valence-corrected chi connectivity index (χ4v) is 0.973. The summed E-state index contributed by atoms with van der Waals surface area (Å²) in [7, 11) is 6.86. The molecule has 1 unspecified atom stereocenters. The molecule has 0 aliphatic rings. The maximum Gasteiger partial charge on any atom is 0.295 e. The molecule has 0 bridgehead atoms. The number of carbonyl (C=O) groups is 1. The van der Waals surface area contributed by atoms with Gasteiger partial charge < -0.3 is 15.3 Å². The summed E-state index contributed by atoms with van der Waals surface area (Å²) in [6.07, 6.45) is 0. The van der Waals surface area contributed by atoms with Crippen LogP contribution in [0.4, 0.5) is 0 Å². The van der Waals surface area contributed by atoms with Crippen LogP contribution < -0.4 is 0 Å². The lowest BCUT2D eigenvalue weighted by Crippen LogP contribution is -2.65. The molecule has 0 aromatic rings. The van der Waals surface area contributed by atoms with E-state index in [1.54, 1.807) is 0 Å². The van der Waals surface area contributed by atoms with E-state index in [1.165, 1.54) is 39.2 Å². The first-order chi connectivity index (χ1) is 5.44. The molecule has 1 atom stereocenters. The zero-order valence-corrected chi connectivity index (χ0v) is 8.75. The molecule has 68 valence electrons. The lowest BCUT2D eigenvalue weighted by molar-refractivity contribution is -0.144. The maximum absolute atomic E-state index is 10.8. The second-order valence-electron chi connectivity index (χ2n) is 4.56. The van der Waals surface area contributed by atoms with Crippen molar-refractivity contribution in [1.82, 2.24) is 0 Å². The molecule has 3 N–H and O–H groups in total. The molecular weight excluding hydrogens is 166 g/mol. The highest BCUT2D eigenvalue weighted by molar-refractivity contribution is 6.57. The smallest absolute Gasteiger partial charge is 0.295 e. The van der Waals surface area contributed by atoms with E-state index < -0.39 is 22.1 Å². The van der Waals surface area contributed by atoms with E-state index in [4.69, 9.17) is 5.11 Å². The van der Waals surface area contributed by atoms with E-state index in [0.717, 1.165) is 0 Å². The molecule has 0 spiro atoms. The average molecular weight is 179 g/mol. The minimum atomic E-state index is -1.69. The van der Waals surface area contributed by atoms with E-state index in [9.17, 15) is 15.0 Å². The van der Waals surface area contributed by atoms with Crippen LogP contribution in [0.2, 0.25) is 5.21 Å². The van der Waals surface area contributed by atoms with Crippen LogP contribution in [-0.4, -0.2) is 71.4 Å². The average Bonchev–Trinajstić information content (AvgIpc) is 1.84. The SMILES string of the molecule is BC(B)(O)C(B)(O)C(B)(B)C(=O)O. The lowest BCUT2D eigenvalue weighted by Gasteiger charge is -2.46. The molecule has 4 nitrogen and oxygen atoms in total. The number of aliphatic carboxylic acids is 1. The van der Waals surface area contributed by atoms with E-state index in [-0.39, 0.29) is 0 Å². The summed E-state index contributed by atoms with van der Waals surface area (Å²) in [5, 5.41) is 25.5. The fourth-order valence-electron chi connectivity index (χ4n) is 0.973. The van der Waals surface area contributed by atoms with E-state index in [1.807, 2.05) is 0 Å². The third kappa shape index (κ3) is 1.97. The van der Waals surface area contributed by atoms with E-state index in [0.29, 0.717) is 0 Å². The Morgan fingerprint density at radius 1 is 1.00 bits per heavy atom. The van der Waals surface area contributed by atoms with E-state index >= 15 is 0 Å². The summed E-state index contributed by atoms with van der Waals surface area (Å²) in [6.45, 7) is 0. The van der Waals surface area contributed by atoms with Crippen molar-refractivity contribution < 1.29 is 20.1 Å². The Labute approximate surface area is 82.1 Å². The van der Waals surface area contributed by atoms with Crippen molar-refractivity contribution >= 4 is 45.2 Å². The minimum Gasteiger partial charge on any atom is -0.482 e. The first kappa shape index (κ1) is 12.7. The van der Waals surface area contributed by atoms with Crippen LogP contribution in [0.3, 0.4) is 0 Å². The van der Waals surface area contributed by atoms with Gasteiger partial charge in [-0.15, -0.1) is 0 Å². The summed E-state index contributed by atoms with van der Waals surface area (Å²) >= 11 is 0. The molecule has 0 aromatic heterocycles. The Morgan fingerprint density at radius 2 is 1.31 bits per heavy atom. The number of carboxylic acid groups (broad SMARTS) is 1. The molecule has 9 heteroatoms. The second kappa shape index (κ2) is 3.13. The predicted octanol–water partition coefficient (Wildman–Crippen LogP) is -6.31. The Balaban J connectivity index is 5.16. The van der Waals surface area contributed by atoms with Gasteiger partial charge in [0.25, 0.3) is 5.97 Å². The van der Waals surface area contributed by atoms with Gasteiger partial charge in [-0.3, -0.25) is 4.79 Å². The molecule has 0 aliphatic heterocycles. The molecule has 0 radical (unpaired) electrons. The number of rotatable bonds is 3. The molecule has 0 heterocycles. The zero-order chi connectivity index (χ0) is 11.1. The van der Waals surface area contributed by atoms with Crippen molar-refractivity contribution in [3.05, 3.63) is 0 Å². The van der Waals surface area contributed by atoms with Crippen molar-refractivity contribution in [3.8, 4) is 0 Å². The summed E-state index contributed by atoms with van der Waals surface area (Å²) in [5.74, 6) is -1.14. The molecule has 0 fully saturated rings. The van der Waals surface area contributed by atoms with Crippen molar-refractivity contribution in [2.24, 2.45) is 0 Å². The van der Waals surface area contributed by atoms with Gasteiger partial charge in [0, 0.05) is 16.1 Å². The van der Waals surface area contributed by atoms with Gasteiger partial charge in [-0.2, -0.15) is 0 Å². The number of hydrogen-bond donors (Lipinski definition) is 3. The van der Waals surface area contributed by atoms with Crippen molar-refractivity contribution in [2.45, 2.75) is 16.1 Å². The fraction of sp³-hybridized carbons (Fsp3) is 0.750. The second-order valence-corrected chi connectivity index (χ2v) is 4.56. The Bertz CT molecular complexity index is 219. The van der Waals surface area contributed by atoms with Crippen LogP contribution in [0.1, 0.15) is 0 Å². The van der Waals surface area contributed by atoms with Crippen LogP contribution >= 0.6 is 0 Å². The van der Waals surface area contributed by atoms with Crippen LogP contribution in [0.15, 0.2) is 0 Å². The standard InChI is InChI=1S/C4H13B5O4/c5-2(6,1(10)11)3(7,12)4(8,9)13/h12-13H,5-9H2,(H,10,11). The Morgan fingerprint density at radius 3 is 1.38 bits per heavy atom. The molecule has 0 saturated carbocycles. The van der Waals surface area contributed by atoms with Crippen molar-refractivity contribution in [2.75, 3.05) is 0 Å². The monoisotopic (exact) mass is 180 g/mol. The lowest BCUT2D eigenvalue weighted by atomic mass is 9.32. The highest BCUT2D eigenvalue weighted by Crippen LogP contribution is 2.35. The molecule has 0 rings (SSSR count). The highest BCUT2D eigenvalue weighted by atomic mass is 16.4. The Kier molecular flexibility index (Phi) is 3.07. The summed E-state index contributed by atoms with van der Waals surface area (Å²) < 4.78 is 0. The molecule has 0 saturated heterocycles. The van der Waals surface area contributed by atoms with Gasteiger partial charge in [0.1, 0.15) is 39.2 Å². The van der Waals surface area contributed by atoms with Gasteiger partial charge in [-0.1, -0.05) is 0 Å². The summed E-state index contributed by atoms with van der Waals surface area (Å²) in [6, 6.07) is 0. The van der Waals surface area contributed by atoms with Gasteiger partial charge in [0.05, 0.1) is 0 Å². The van der Waals surface area contributed by atoms with Crippen molar-refractivity contribution in [3.63, 3.8) is 0 Å². The summed E-state index contributed by atoms with van der Waals surface area (Å²) in [5.41, 5.74) is -1.69. The van der Waals surface area contributed by atoms with Crippen molar-refractivity contribution in [1.29, 1.82) is 0 Å². The first-order valence-corrected chi connectivity index (χ1v) is 4.12. The molecule has 13 heavy (non-hydrogen) atoms. The maximum atomic E-state index is 10.8. The van der Waals surface area contributed by atoms with Gasteiger partial charge in [-0.05, 0) is 0 Å². The molecular formula is C4H13B5O4. The van der Waals surface area contributed by atoms with Gasteiger partial charge in [0.2, 0.25) is 0 Å². The zero-order valence-electron chi connectivity index (χ0n) is 8.75. The van der Waals surface area contributed by atoms with Crippen LogP contribution in [0, 0.1) is 0 Å². The number of carboxylic acids is 1. The molecule has 0 amide bonds. The van der Waals surface area contributed by atoms with Gasteiger partial charge >= 0.3 is 0 Å². The van der Waals surface area contributed by atoms with Crippen LogP contribution in [-0.2, 0) is 4.79 Å². The Hall–Kier alpha value is -0.285. The van der Waals surface area contributed by atoms with Crippen LogP contribution in [0.5, 0.6) is 0 Å². The van der Waals surface area contributed by atoms with Crippen LogP contribution in [0.25, 0.3) is 0 Å². The molecule has 0 aliphatic carbocycles. The van der Waals surface area contributed by atoms with Gasteiger partial charge in [0.15, 0.2) is 0 Å². The minimum absolute atomic E-state index is 1.14. The largest absolute Gasteiger partial charge is 0.482 e. The predicted molar refractivity (Wildman–Crippen MR) is 62.9 cm³/mol. The molecule has 0 aromatic carbocycles. The highest BCUT2D eigenvalue weighted by Gasteiger charge is 2.52. The number of aliphatic hydroxyl groups is 2. The normalized spacial score (nSPS) is 17.7. The topological polar surface area (TPSA) is 77.8 Å². The number of hydrogen-bond acceptors (Lipinski definition) is 3. The quantitative estimate of drug-likeness (QED) is 0.377. The van der Waals surface area contributed by atoms with Gasteiger partial charge in [-0.25, -0.2) is 0 Å². The summed E-state index contributed by atoms with van der Waals surface area (Å²) in [4.78, 5) is 10.8. The third-order valence-corrected chi connectivity index (χ3v) is 2.94.